The summed E-state index contributed by atoms with van der Waals surface area (Å²) >= 11 is 0. The summed E-state index contributed by atoms with van der Waals surface area (Å²) in [6.07, 6.45) is 0.446. The van der Waals surface area contributed by atoms with Crippen LogP contribution < -0.4 is 5.32 Å². The number of ether oxygens (including phenoxy) is 2. The third-order valence-electron chi connectivity index (χ3n) is 2.79. The number of hydrogen-bond donors (Lipinski definition) is 1. The van der Waals surface area contributed by atoms with Crippen LogP contribution in [0.25, 0.3) is 0 Å². The molecule has 0 aromatic heterocycles. The van der Waals surface area contributed by atoms with Crippen molar-refractivity contribution in [3.63, 3.8) is 0 Å². The Balaban J connectivity index is 2.38. The van der Waals surface area contributed by atoms with Gasteiger partial charge >= 0.3 is 6.09 Å². The summed E-state index contributed by atoms with van der Waals surface area (Å²) < 4.78 is 10.6. The van der Waals surface area contributed by atoms with Gasteiger partial charge in [0.2, 0.25) is 0 Å². The number of rotatable bonds is 4. The van der Waals surface area contributed by atoms with E-state index in [-0.39, 0.29) is 17.8 Å². The molecule has 18 heavy (non-hydrogen) atoms. The Hall–Kier alpha value is -1.10. The van der Waals surface area contributed by atoms with Gasteiger partial charge in [0.05, 0.1) is 0 Å². The van der Waals surface area contributed by atoms with Gasteiger partial charge in [0, 0.05) is 25.5 Å². The van der Waals surface area contributed by atoms with Crippen LogP contribution in [0.3, 0.4) is 0 Å². The molecule has 0 spiro atoms. The quantitative estimate of drug-likeness (QED) is 0.835. The smallest absolute Gasteiger partial charge is 0.407 e. The first kappa shape index (κ1) is 15.0. The molecule has 0 unspecified atom stereocenters. The van der Waals surface area contributed by atoms with Gasteiger partial charge in [-0.1, -0.05) is 6.92 Å². The van der Waals surface area contributed by atoms with Gasteiger partial charge in [-0.15, -0.1) is 0 Å². The summed E-state index contributed by atoms with van der Waals surface area (Å²) in [6.45, 7) is 8.27. The topological polar surface area (TPSA) is 64.6 Å². The molecule has 1 amide bonds. The maximum atomic E-state index is 11.6. The SMILES string of the molecule is CCC(=O)[C@H]1OCC[C@H]1CNC(=O)OC(C)(C)C. The summed E-state index contributed by atoms with van der Waals surface area (Å²) in [5, 5.41) is 2.70. The Morgan fingerprint density at radius 2 is 2.06 bits per heavy atom. The van der Waals surface area contributed by atoms with Crippen LogP contribution in [-0.4, -0.2) is 36.7 Å². The molecule has 0 aliphatic carbocycles. The first-order valence-corrected chi connectivity index (χ1v) is 6.44. The Morgan fingerprint density at radius 1 is 1.39 bits per heavy atom. The first-order chi connectivity index (χ1) is 8.33. The van der Waals surface area contributed by atoms with Crippen LogP contribution >= 0.6 is 0 Å². The van der Waals surface area contributed by atoms with Gasteiger partial charge in [0.15, 0.2) is 5.78 Å². The molecular weight excluding hydrogens is 234 g/mol. The van der Waals surface area contributed by atoms with E-state index in [9.17, 15) is 9.59 Å². The molecule has 1 saturated heterocycles. The van der Waals surface area contributed by atoms with Crippen molar-refractivity contribution in [3.8, 4) is 0 Å². The van der Waals surface area contributed by atoms with E-state index in [0.29, 0.717) is 19.6 Å². The van der Waals surface area contributed by atoms with Crippen molar-refractivity contribution in [1.29, 1.82) is 0 Å². The van der Waals surface area contributed by atoms with Crippen molar-refractivity contribution in [2.75, 3.05) is 13.2 Å². The van der Waals surface area contributed by atoms with Gasteiger partial charge < -0.3 is 14.8 Å². The van der Waals surface area contributed by atoms with E-state index in [2.05, 4.69) is 5.32 Å². The fraction of sp³-hybridized carbons (Fsp3) is 0.846. The van der Waals surface area contributed by atoms with E-state index in [0.717, 1.165) is 6.42 Å². The lowest BCUT2D eigenvalue weighted by Gasteiger charge is -2.21. The lowest BCUT2D eigenvalue weighted by atomic mass is 9.97. The minimum atomic E-state index is -0.505. The molecule has 1 heterocycles. The summed E-state index contributed by atoms with van der Waals surface area (Å²) in [7, 11) is 0. The molecule has 1 N–H and O–H groups in total. The van der Waals surface area contributed by atoms with E-state index >= 15 is 0 Å². The highest BCUT2D eigenvalue weighted by atomic mass is 16.6. The number of ketones is 1. The van der Waals surface area contributed by atoms with Crippen LogP contribution in [0.5, 0.6) is 0 Å². The van der Waals surface area contributed by atoms with E-state index < -0.39 is 11.7 Å². The Kier molecular flexibility index (Phi) is 5.14. The Morgan fingerprint density at radius 3 is 2.61 bits per heavy atom. The van der Waals surface area contributed by atoms with Gasteiger partial charge in [-0.2, -0.15) is 0 Å². The second-order valence-corrected chi connectivity index (χ2v) is 5.54. The van der Waals surface area contributed by atoms with Crippen LogP contribution in [-0.2, 0) is 14.3 Å². The maximum Gasteiger partial charge on any atom is 0.407 e. The first-order valence-electron chi connectivity index (χ1n) is 6.44. The molecule has 0 aromatic rings. The number of Topliss-reactive ketones (excluding diaryl/α,β-unsaturated/α-hetero) is 1. The Bertz CT molecular complexity index is 309. The number of amides is 1. The number of carbonyl (C=O) groups excluding carboxylic acids is 2. The number of carbonyl (C=O) groups is 2. The minimum Gasteiger partial charge on any atom is -0.444 e. The molecule has 1 fully saturated rings. The fourth-order valence-corrected chi connectivity index (χ4v) is 1.93. The highest BCUT2D eigenvalue weighted by Gasteiger charge is 2.33. The third kappa shape index (κ3) is 4.64. The molecule has 104 valence electrons. The molecule has 1 aliphatic heterocycles. The van der Waals surface area contributed by atoms with Crippen molar-refractivity contribution >= 4 is 11.9 Å². The normalized spacial score (nSPS) is 23.8. The lowest BCUT2D eigenvalue weighted by Crippen LogP contribution is -2.39. The van der Waals surface area contributed by atoms with E-state index in [4.69, 9.17) is 9.47 Å². The molecule has 0 saturated carbocycles. The number of hydrogen-bond acceptors (Lipinski definition) is 4. The molecule has 0 aromatic carbocycles. The summed E-state index contributed by atoms with van der Waals surface area (Å²) in [6, 6.07) is 0. The minimum absolute atomic E-state index is 0.0602. The average molecular weight is 257 g/mol. The van der Waals surface area contributed by atoms with E-state index in [1.807, 2.05) is 27.7 Å². The summed E-state index contributed by atoms with van der Waals surface area (Å²) in [4.78, 5) is 23.1. The molecule has 5 nitrogen and oxygen atoms in total. The van der Waals surface area contributed by atoms with Crippen LogP contribution in [0.4, 0.5) is 4.79 Å². The zero-order valence-corrected chi connectivity index (χ0v) is 11.6. The predicted molar refractivity (Wildman–Crippen MR) is 67.4 cm³/mol. The van der Waals surface area contributed by atoms with Crippen molar-refractivity contribution in [3.05, 3.63) is 0 Å². The van der Waals surface area contributed by atoms with Crippen molar-refractivity contribution in [1.82, 2.24) is 5.32 Å². The van der Waals surface area contributed by atoms with Crippen molar-refractivity contribution < 1.29 is 19.1 Å². The molecular formula is C13H23NO4. The highest BCUT2D eigenvalue weighted by molar-refractivity contribution is 5.83. The zero-order valence-electron chi connectivity index (χ0n) is 11.6. The van der Waals surface area contributed by atoms with Gasteiger partial charge in [-0.25, -0.2) is 4.79 Å². The largest absolute Gasteiger partial charge is 0.444 e. The van der Waals surface area contributed by atoms with Crippen molar-refractivity contribution in [2.24, 2.45) is 5.92 Å². The van der Waals surface area contributed by atoms with Crippen LogP contribution in [0.2, 0.25) is 0 Å². The molecule has 0 bridgehead atoms. The standard InChI is InChI=1S/C13H23NO4/c1-5-10(15)11-9(6-7-17-11)8-14-12(16)18-13(2,3)4/h9,11H,5-8H2,1-4H3,(H,14,16)/t9-,11-/m0/s1. The fourth-order valence-electron chi connectivity index (χ4n) is 1.93. The monoisotopic (exact) mass is 257 g/mol. The second-order valence-electron chi connectivity index (χ2n) is 5.54. The zero-order chi connectivity index (χ0) is 13.8. The van der Waals surface area contributed by atoms with Gasteiger partial charge in [-0.3, -0.25) is 4.79 Å². The molecule has 0 radical (unpaired) electrons. The highest BCUT2D eigenvalue weighted by Crippen LogP contribution is 2.22. The Labute approximate surface area is 108 Å². The summed E-state index contributed by atoms with van der Waals surface area (Å²) in [5.74, 6) is 0.161. The molecule has 1 aliphatic rings. The summed E-state index contributed by atoms with van der Waals surface area (Å²) in [5.41, 5.74) is -0.505. The van der Waals surface area contributed by atoms with Crippen LogP contribution in [0.1, 0.15) is 40.5 Å². The second kappa shape index (κ2) is 6.18. The number of alkyl carbamates (subject to hydrolysis) is 1. The van der Waals surface area contributed by atoms with Crippen molar-refractivity contribution in [2.45, 2.75) is 52.2 Å². The predicted octanol–water partition coefficient (Wildman–Crippen LogP) is 1.90. The van der Waals surface area contributed by atoms with Crippen LogP contribution in [0, 0.1) is 5.92 Å². The molecule has 2 atom stereocenters. The molecule has 5 heteroatoms. The average Bonchev–Trinajstić information content (AvgIpc) is 2.71. The molecule has 1 rings (SSSR count). The van der Waals surface area contributed by atoms with Gasteiger partial charge in [0.1, 0.15) is 11.7 Å². The third-order valence-corrected chi connectivity index (χ3v) is 2.79. The lowest BCUT2D eigenvalue weighted by molar-refractivity contribution is -0.129. The van der Waals surface area contributed by atoms with E-state index in [1.54, 1.807) is 0 Å². The van der Waals surface area contributed by atoms with Gasteiger partial charge in [-0.05, 0) is 27.2 Å². The van der Waals surface area contributed by atoms with Crippen LogP contribution in [0.15, 0.2) is 0 Å². The maximum absolute atomic E-state index is 11.6. The van der Waals surface area contributed by atoms with Gasteiger partial charge in [0.25, 0.3) is 0 Å². The number of nitrogens with one attached hydrogen (secondary N) is 1. The van der Waals surface area contributed by atoms with E-state index in [1.165, 1.54) is 0 Å².